The molecule has 0 aliphatic heterocycles. The van der Waals surface area contributed by atoms with Crippen molar-refractivity contribution in [1.82, 2.24) is 14.9 Å². The highest BCUT2D eigenvalue weighted by Gasteiger charge is 2.16. The van der Waals surface area contributed by atoms with E-state index in [1.165, 1.54) is 22.0 Å². The number of nitrogens with one attached hydrogen (secondary N) is 1. The second-order valence-electron chi connectivity index (χ2n) is 6.49. The maximum Gasteiger partial charge on any atom is 0.234 e. The van der Waals surface area contributed by atoms with Gasteiger partial charge in [-0.1, -0.05) is 49.9 Å². The summed E-state index contributed by atoms with van der Waals surface area (Å²) in [6.07, 6.45) is 0. The Labute approximate surface area is 168 Å². The molecule has 0 aliphatic rings. The van der Waals surface area contributed by atoms with Gasteiger partial charge in [-0.2, -0.15) is 0 Å². The van der Waals surface area contributed by atoms with Crippen molar-refractivity contribution in [1.29, 1.82) is 0 Å². The third-order valence-corrected chi connectivity index (χ3v) is 5.12. The lowest BCUT2D eigenvalue weighted by atomic mass is 10.0. The number of nitrogen functional groups attached to an aromatic ring is 1. The number of nitrogens with zero attached hydrogens (tertiary/aromatic N) is 3. The van der Waals surface area contributed by atoms with E-state index in [1.807, 2.05) is 48.5 Å². The van der Waals surface area contributed by atoms with E-state index in [1.54, 1.807) is 7.11 Å². The van der Waals surface area contributed by atoms with E-state index in [-0.39, 0.29) is 11.7 Å². The zero-order valence-corrected chi connectivity index (χ0v) is 16.9. The van der Waals surface area contributed by atoms with Gasteiger partial charge in [-0.15, -0.1) is 10.2 Å². The topological polar surface area (TPSA) is 95.1 Å². The van der Waals surface area contributed by atoms with Gasteiger partial charge in [0.1, 0.15) is 5.75 Å². The molecule has 146 valence electrons. The molecule has 0 radical (unpaired) electrons. The summed E-state index contributed by atoms with van der Waals surface area (Å²) >= 11 is 1.23. The second kappa shape index (κ2) is 8.79. The van der Waals surface area contributed by atoms with Crippen LogP contribution >= 0.6 is 11.8 Å². The van der Waals surface area contributed by atoms with Crippen molar-refractivity contribution in [2.75, 3.05) is 24.0 Å². The summed E-state index contributed by atoms with van der Waals surface area (Å²) in [5.74, 6) is 7.71. The average Bonchev–Trinajstić information content (AvgIpc) is 3.06. The monoisotopic (exact) mass is 397 g/mol. The predicted molar refractivity (Wildman–Crippen MR) is 112 cm³/mol. The van der Waals surface area contributed by atoms with Crippen LogP contribution in [0.3, 0.4) is 0 Å². The van der Waals surface area contributed by atoms with Crippen LogP contribution in [-0.2, 0) is 4.79 Å². The second-order valence-corrected chi connectivity index (χ2v) is 7.44. The van der Waals surface area contributed by atoms with Gasteiger partial charge >= 0.3 is 0 Å². The molecule has 2 aromatic carbocycles. The summed E-state index contributed by atoms with van der Waals surface area (Å²) in [5, 5.41) is 11.6. The first-order valence-electron chi connectivity index (χ1n) is 8.86. The number of methoxy groups -OCH3 is 1. The van der Waals surface area contributed by atoms with Gasteiger partial charge in [0.15, 0.2) is 5.82 Å². The molecule has 1 aromatic heterocycles. The summed E-state index contributed by atoms with van der Waals surface area (Å²) in [6, 6.07) is 15.3. The summed E-state index contributed by atoms with van der Waals surface area (Å²) in [7, 11) is 1.59. The normalized spacial score (nSPS) is 10.9. The molecule has 0 aliphatic carbocycles. The van der Waals surface area contributed by atoms with E-state index in [0.29, 0.717) is 22.6 Å². The van der Waals surface area contributed by atoms with Gasteiger partial charge in [0.05, 0.1) is 18.4 Å². The molecule has 0 saturated heterocycles. The van der Waals surface area contributed by atoms with Crippen LogP contribution in [0.25, 0.3) is 11.4 Å². The molecule has 0 unspecified atom stereocenters. The highest BCUT2D eigenvalue weighted by atomic mass is 32.2. The molecule has 3 N–H and O–H groups in total. The van der Waals surface area contributed by atoms with Crippen molar-refractivity contribution in [3.05, 3.63) is 54.1 Å². The lowest BCUT2D eigenvalue weighted by Gasteiger charge is -2.10. The molecule has 0 spiro atoms. The molecule has 3 aromatic rings. The number of nitrogens with two attached hydrogens (primary N) is 1. The fourth-order valence-electron chi connectivity index (χ4n) is 2.69. The Morgan fingerprint density at radius 2 is 2.00 bits per heavy atom. The number of ether oxygens (including phenoxy) is 1. The molecule has 3 rings (SSSR count). The molecule has 1 amide bonds. The smallest absolute Gasteiger partial charge is 0.234 e. The molecular weight excluding hydrogens is 374 g/mol. The van der Waals surface area contributed by atoms with E-state index in [2.05, 4.69) is 29.4 Å². The number of amides is 1. The first kappa shape index (κ1) is 19.8. The summed E-state index contributed by atoms with van der Waals surface area (Å²) in [5.41, 5.74) is 2.69. The van der Waals surface area contributed by atoms with Crippen molar-refractivity contribution < 1.29 is 9.53 Å². The zero-order valence-electron chi connectivity index (χ0n) is 16.0. The molecule has 0 atom stereocenters. The van der Waals surface area contributed by atoms with Crippen LogP contribution in [0.5, 0.6) is 5.75 Å². The van der Waals surface area contributed by atoms with Crippen LogP contribution < -0.4 is 15.9 Å². The number of para-hydroxylation sites is 1. The fraction of sp³-hybridized carbons (Fsp3) is 0.250. The predicted octanol–water partition coefficient (Wildman–Crippen LogP) is 3.52. The molecule has 0 bridgehead atoms. The maximum absolute atomic E-state index is 12.3. The Bertz CT molecular complexity index is 971. The maximum atomic E-state index is 12.3. The molecule has 0 saturated carbocycles. The minimum absolute atomic E-state index is 0.132. The number of aromatic nitrogens is 3. The SMILES string of the molecule is COc1ccccc1-c1nnc(SCC(=O)Nc2cccc(C(C)C)c2)n1N. The van der Waals surface area contributed by atoms with Crippen molar-refractivity contribution >= 4 is 23.4 Å². The van der Waals surface area contributed by atoms with Crippen LogP contribution in [0.4, 0.5) is 5.69 Å². The van der Waals surface area contributed by atoms with Gasteiger partial charge in [-0.3, -0.25) is 4.79 Å². The Balaban J connectivity index is 1.66. The molecule has 8 heteroatoms. The number of carbonyl (C=O) groups excluding carboxylic acids is 1. The van der Waals surface area contributed by atoms with Crippen LogP contribution in [0.15, 0.2) is 53.7 Å². The minimum Gasteiger partial charge on any atom is -0.496 e. The van der Waals surface area contributed by atoms with Crippen LogP contribution in [0.2, 0.25) is 0 Å². The van der Waals surface area contributed by atoms with Crippen LogP contribution in [0.1, 0.15) is 25.3 Å². The Morgan fingerprint density at radius 1 is 1.21 bits per heavy atom. The lowest BCUT2D eigenvalue weighted by molar-refractivity contribution is -0.113. The first-order chi connectivity index (χ1) is 13.5. The summed E-state index contributed by atoms with van der Waals surface area (Å²) in [4.78, 5) is 12.3. The minimum atomic E-state index is -0.132. The van der Waals surface area contributed by atoms with Gasteiger partial charge in [0, 0.05) is 5.69 Å². The van der Waals surface area contributed by atoms with Gasteiger partial charge in [-0.05, 0) is 35.7 Å². The van der Waals surface area contributed by atoms with E-state index in [9.17, 15) is 4.79 Å². The number of anilines is 1. The van der Waals surface area contributed by atoms with E-state index < -0.39 is 0 Å². The first-order valence-corrected chi connectivity index (χ1v) is 9.84. The Morgan fingerprint density at radius 3 is 2.75 bits per heavy atom. The van der Waals surface area contributed by atoms with E-state index in [4.69, 9.17) is 10.6 Å². The lowest BCUT2D eigenvalue weighted by Crippen LogP contribution is -2.16. The third-order valence-electron chi connectivity index (χ3n) is 4.18. The van der Waals surface area contributed by atoms with Gasteiger partial charge in [0.25, 0.3) is 0 Å². The number of carbonyl (C=O) groups is 1. The summed E-state index contributed by atoms with van der Waals surface area (Å²) < 4.78 is 6.72. The van der Waals surface area contributed by atoms with Gasteiger partial charge in [0.2, 0.25) is 11.1 Å². The number of hydrogen-bond donors (Lipinski definition) is 2. The highest BCUT2D eigenvalue weighted by molar-refractivity contribution is 7.99. The Hall–Kier alpha value is -3.00. The molecule has 28 heavy (non-hydrogen) atoms. The van der Waals surface area contributed by atoms with E-state index in [0.717, 1.165) is 11.3 Å². The van der Waals surface area contributed by atoms with Crippen molar-refractivity contribution in [3.63, 3.8) is 0 Å². The van der Waals surface area contributed by atoms with Crippen molar-refractivity contribution in [2.24, 2.45) is 0 Å². The standard InChI is InChI=1S/C20H23N5O2S/c1-13(2)14-7-6-8-15(11-14)22-18(26)12-28-20-24-23-19(25(20)21)16-9-4-5-10-17(16)27-3/h4-11,13H,12,21H2,1-3H3,(H,22,26). The van der Waals surface area contributed by atoms with Crippen LogP contribution in [0, 0.1) is 0 Å². The summed E-state index contributed by atoms with van der Waals surface area (Å²) in [6.45, 7) is 4.23. The van der Waals surface area contributed by atoms with E-state index >= 15 is 0 Å². The number of hydrogen-bond acceptors (Lipinski definition) is 6. The molecular formula is C20H23N5O2S. The van der Waals surface area contributed by atoms with Crippen LogP contribution in [-0.4, -0.2) is 33.6 Å². The van der Waals surface area contributed by atoms with Gasteiger partial charge < -0.3 is 15.9 Å². The molecule has 1 heterocycles. The average molecular weight is 398 g/mol. The highest BCUT2D eigenvalue weighted by Crippen LogP contribution is 2.29. The fourth-order valence-corrected chi connectivity index (χ4v) is 3.35. The number of thioether (sulfide) groups is 1. The Kier molecular flexibility index (Phi) is 6.20. The third kappa shape index (κ3) is 4.45. The van der Waals surface area contributed by atoms with Gasteiger partial charge in [-0.25, -0.2) is 4.68 Å². The van der Waals surface area contributed by atoms with Crippen molar-refractivity contribution in [2.45, 2.75) is 24.9 Å². The molecule has 7 nitrogen and oxygen atoms in total. The van der Waals surface area contributed by atoms with Crippen molar-refractivity contribution in [3.8, 4) is 17.1 Å². The molecule has 0 fully saturated rings. The number of rotatable bonds is 7. The number of benzene rings is 2. The largest absolute Gasteiger partial charge is 0.496 e. The zero-order chi connectivity index (χ0) is 20.1. The quantitative estimate of drug-likeness (QED) is 0.468.